The van der Waals surface area contributed by atoms with E-state index < -0.39 is 0 Å². The summed E-state index contributed by atoms with van der Waals surface area (Å²) in [6.45, 7) is 7.85. The molecule has 3 aliphatic rings. The van der Waals surface area contributed by atoms with E-state index in [1.165, 1.54) is 23.1 Å². The van der Waals surface area contributed by atoms with Crippen molar-refractivity contribution < 1.29 is 19.1 Å². The number of allylic oxidation sites excluding steroid dienone is 3. The summed E-state index contributed by atoms with van der Waals surface area (Å²) >= 11 is 7.21. The molecule has 0 radical (unpaired) electrons. The first-order valence-electron chi connectivity index (χ1n) is 12.3. The minimum atomic E-state index is -0.265. The molecule has 0 saturated carbocycles. The van der Waals surface area contributed by atoms with Crippen molar-refractivity contribution in [2.24, 2.45) is 17.3 Å². The molecule has 1 aliphatic carbocycles. The van der Waals surface area contributed by atoms with Crippen molar-refractivity contribution in [2.75, 3.05) is 31.6 Å². The van der Waals surface area contributed by atoms with E-state index in [9.17, 15) is 14.4 Å². The van der Waals surface area contributed by atoms with E-state index in [2.05, 4.69) is 29.4 Å². The summed E-state index contributed by atoms with van der Waals surface area (Å²) in [6.07, 6.45) is 10.0. The Morgan fingerprint density at radius 2 is 2.09 bits per heavy atom. The summed E-state index contributed by atoms with van der Waals surface area (Å²) < 4.78 is 5.55. The first-order valence-corrected chi connectivity index (χ1v) is 13.5. The number of urea groups is 1. The lowest BCUT2D eigenvalue weighted by atomic mass is 9.74. The van der Waals surface area contributed by atoms with Gasteiger partial charge in [0.25, 0.3) is 0 Å². The van der Waals surface area contributed by atoms with Crippen LogP contribution < -0.4 is 5.32 Å². The SMILES string of the molecule is CCOC(=O)CCCCC1C=C2C(=CC1C)N(C(=O)Nc1ncc(Cl)s1)CC21CCN(C(C)=O)C1. The predicted octanol–water partition coefficient (Wildman–Crippen LogP) is 5.08. The number of aromatic nitrogens is 1. The molecule has 8 nitrogen and oxygen atoms in total. The molecule has 1 spiro atoms. The van der Waals surface area contributed by atoms with Gasteiger partial charge in [0, 0.05) is 44.1 Å². The molecule has 1 N–H and O–H groups in total. The smallest absolute Gasteiger partial charge is 0.328 e. The fraction of sp³-hybridized carbons (Fsp3) is 0.600. The predicted molar refractivity (Wildman–Crippen MR) is 136 cm³/mol. The number of nitrogens with one attached hydrogen (secondary N) is 1. The third-order valence-electron chi connectivity index (χ3n) is 7.29. The summed E-state index contributed by atoms with van der Waals surface area (Å²) in [6, 6.07) is -0.230. The van der Waals surface area contributed by atoms with Gasteiger partial charge in [-0.3, -0.25) is 19.8 Å². The number of rotatable bonds is 7. The number of ether oxygens (including phenoxy) is 1. The molecule has 3 amide bonds. The minimum Gasteiger partial charge on any atom is -0.466 e. The Morgan fingerprint density at radius 1 is 1.29 bits per heavy atom. The molecular weight excluding hydrogens is 488 g/mol. The summed E-state index contributed by atoms with van der Waals surface area (Å²) in [7, 11) is 0. The highest BCUT2D eigenvalue weighted by atomic mass is 35.5. The van der Waals surface area contributed by atoms with Gasteiger partial charge < -0.3 is 9.64 Å². The number of hydrogen-bond acceptors (Lipinski definition) is 6. The van der Waals surface area contributed by atoms with E-state index in [4.69, 9.17) is 16.3 Å². The first kappa shape index (κ1) is 25.7. The Hall–Kier alpha value is -2.39. The molecule has 3 atom stereocenters. The molecule has 1 aromatic rings. The second kappa shape index (κ2) is 10.7. The normalized spacial score (nSPS) is 25.4. The highest BCUT2D eigenvalue weighted by molar-refractivity contribution is 7.19. The second-order valence-electron chi connectivity index (χ2n) is 9.66. The Morgan fingerprint density at radius 3 is 2.74 bits per heavy atom. The Labute approximate surface area is 215 Å². The van der Waals surface area contributed by atoms with Crippen LogP contribution in [-0.4, -0.2) is 58.9 Å². The zero-order chi connectivity index (χ0) is 25.2. The molecule has 35 heavy (non-hydrogen) atoms. The van der Waals surface area contributed by atoms with Gasteiger partial charge in [-0.25, -0.2) is 9.78 Å². The van der Waals surface area contributed by atoms with Crippen molar-refractivity contribution >= 4 is 46.0 Å². The van der Waals surface area contributed by atoms with Gasteiger partial charge in [0.05, 0.1) is 12.8 Å². The standard InChI is InChI=1S/C25H33ClN4O4S/c1-4-34-22(32)8-6-5-7-18-12-19-20(11-16(18)2)30(24(33)28-23-27-13-21(26)35-23)15-25(19)9-10-29(14-25)17(3)31/h11-13,16,18H,4-10,14-15H2,1-3H3,(H,27,28,33). The highest BCUT2D eigenvalue weighted by Crippen LogP contribution is 2.52. The molecule has 2 aliphatic heterocycles. The number of hydrogen-bond donors (Lipinski definition) is 1. The maximum Gasteiger partial charge on any atom is 0.328 e. The molecule has 190 valence electrons. The van der Waals surface area contributed by atoms with Crippen LogP contribution in [0.5, 0.6) is 0 Å². The molecule has 2 fully saturated rings. The van der Waals surface area contributed by atoms with Gasteiger partial charge >= 0.3 is 12.0 Å². The van der Waals surface area contributed by atoms with Gasteiger partial charge in [0.15, 0.2) is 5.13 Å². The minimum absolute atomic E-state index is 0.0630. The van der Waals surface area contributed by atoms with Gasteiger partial charge in [-0.15, -0.1) is 0 Å². The number of amides is 3. The van der Waals surface area contributed by atoms with E-state index in [1.807, 2.05) is 11.8 Å². The van der Waals surface area contributed by atoms with Gasteiger partial charge in [-0.1, -0.05) is 48.4 Å². The Bertz CT molecular complexity index is 1050. The number of nitrogens with zero attached hydrogens (tertiary/aromatic N) is 3. The monoisotopic (exact) mass is 520 g/mol. The summed E-state index contributed by atoms with van der Waals surface area (Å²) in [5.41, 5.74) is 1.84. The molecule has 0 aromatic carbocycles. The fourth-order valence-corrected chi connectivity index (χ4v) is 6.24. The number of anilines is 1. The van der Waals surface area contributed by atoms with Crippen LogP contribution in [0.15, 0.2) is 29.6 Å². The van der Waals surface area contributed by atoms with E-state index >= 15 is 0 Å². The number of fused-ring (bicyclic) bond motifs is 2. The number of carbonyl (C=O) groups excluding carboxylic acids is 3. The number of likely N-dealkylation sites (tertiary alicyclic amines) is 2. The van der Waals surface area contributed by atoms with E-state index in [-0.39, 0.29) is 29.2 Å². The topological polar surface area (TPSA) is 91.8 Å². The number of thiazole rings is 1. The summed E-state index contributed by atoms with van der Waals surface area (Å²) in [5, 5.41) is 3.35. The molecule has 0 bridgehead atoms. The van der Waals surface area contributed by atoms with Gasteiger partial charge in [0.1, 0.15) is 4.34 Å². The number of halogens is 1. The van der Waals surface area contributed by atoms with Crippen molar-refractivity contribution in [3.63, 3.8) is 0 Å². The van der Waals surface area contributed by atoms with Gasteiger partial charge in [-0.2, -0.15) is 0 Å². The van der Waals surface area contributed by atoms with Gasteiger partial charge in [-0.05, 0) is 43.6 Å². The number of unbranched alkanes of at least 4 members (excludes halogenated alkanes) is 1. The lowest BCUT2D eigenvalue weighted by molar-refractivity contribution is -0.143. The average Bonchev–Trinajstić information content (AvgIpc) is 3.50. The van der Waals surface area contributed by atoms with Crippen LogP contribution in [0.4, 0.5) is 9.93 Å². The summed E-state index contributed by atoms with van der Waals surface area (Å²) in [5.74, 6) is 0.493. The van der Waals surface area contributed by atoms with Crippen LogP contribution in [-0.2, 0) is 14.3 Å². The van der Waals surface area contributed by atoms with Crippen molar-refractivity contribution in [1.29, 1.82) is 0 Å². The summed E-state index contributed by atoms with van der Waals surface area (Å²) in [4.78, 5) is 44.9. The van der Waals surface area contributed by atoms with Crippen LogP contribution in [0.25, 0.3) is 0 Å². The lowest BCUT2D eigenvalue weighted by Gasteiger charge is -2.30. The third kappa shape index (κ3) is 5.56. The third-order valence-corrected chi connectivity index (χ3v) is 8.32. The average molecular weight is 521 g/mol. The van der Waals surface area contributed by atoms with Crippen molar-refractivity contribution in [3.05, 3.63) is 34.0 Å². The van der Waals surface area contributed by atoms with Crippen LogP contribution >= 0.6 is 22.9 Å². The molecular formula is C25H33ClN4O4S. The lowest BCUT2D eigenvalue weighted by Crippen LogP contribution is -2.36. The van der Waals surface area contributed by atoms with Crippen molar-refractivity contribution in [3.8, 4) is 0 Å². The zero-order valence-electron chi connectivity index (χ0n) is 20.5. The molecule has 3 heterocycles. The molecule has 3 unspecified atom stereocenters. The molecule has 1 aromatic heterocycles. The van der Waals surface area contributed by atoms with Gasteiger partial charge in [0.2, 0.25) is 5.91 Å². The van der Waals surface area contributed by atoms with Crippen LogP contribution in [0, 0.1) is 17.3 Å². The Kier molecular flexibility index (Phi) is 7.86. The van der Waals surface area contributed by atoms with Crippen LogP contribution in [0.3, 0.4) is 0 Å². The van der Waals surface area contributed by atoms with E-state index in [1.54, 1.807) is 11.8 Å². The fourth-order valence-electron chi connectivity index (χ4n) is 5.44. The molecule has 2 saturated heterocycles. The first-order chi connectivity index (χ1) is 16.7. The van der Waals surface area contributed by atoms with E-state index in [0.29, 0.717) is 48.0 Å². The maximum atomic E-state index is 13.3. The molecule has 4 rings (SSSR count). The quantitative estimate of drug-likeness (QED) is 0.399. The molecule has 10 heteroatoms. The second-order valence-corrected chi connectivity index (χ2v) is 11.3. The van der Waals surface area contributed by atoms with Crippen LogP contribution in [0.1, 0.15) is 52.9 Å². The van der Waals surface area contributed by atoms with Crippen molar-refractivity contribution in [1.82, 2.24) is 14.8 Å². The largest absolute Gasteiger partial charge is 0.466 e. The van der Waals surface area contributed by atoms with Crippen molar-refractivity contribution in [2.45, 2.75) is 52.9 Å². The zero-order valence-corrected chi connectivity index (χ0v) is 22.1. The van der Waals surface area contributed by atoms with E-state index in [0.717, 1.165) is 31.4 Å². The van der Waals surface area contributed by atoms with Crippen LogP contribution in [0.2, 0.25) is 4.34 Å². The number of esters is 1. The Balaban J connectivity index is 1.52. The number of carbonyl (C=O) groups is 3. The highest BCUT2D eigenvalue weighted by Gasteiger charge is 2.52. The maximum absolute atomic E-state index is 13.3.